The first kappa shape index (κ1) is 12.8. The molecule has 0 atom stereocenters. The molecule has 0 N–H and O–H groups in total. The summed E-state index contributed by atoms with van der Waals surface area (Å²) < 4.78 is 0. The number of hydrogen-bond acceptors (Lipinski definition) is 1. The van der Waals surface area contributed by atoms with Crippen LogP contribution in [-0.2, 0) is 5.41 Å². The summed E-state index contributed by atoms with van der Waals surface area (Å²) in [7, 11) is 0. The molecule has 0 aliphatic carbocycles. The van der Waals surface area contributed by atoms with Crippen LogP contribution in [0.25, 0.3) is 0 Å². The Morgan fingerprint density at radius 2 is 1.75 bits per heavy atom. The van der Waals surface area contributed by atoms with Gasteiger partial charge in [0.15, 0.2) is 0 Å². The first-order chi connectivity index (χ1) is 7.29. The summed E-state index contributed by atoms with van der Waals surface area (Å²) >= 11 is 0. The highest BCUT2D eigenvalue weighted by Gasteiger charge is 2.21. The van der Waals surface area contributed by atoms with Crippen molar-refractivity contribution in [2.45, 2.75) is 52.9 Å². The minimum absolute atomic E-state index is 0.401. The molecule has 1 rings (SSSR count). The Bertz CT molecular complexity index is 433. The van der Waals surface area contributed by atoms with Gasteiger partial charge in [0, 0.05) is 0 Å². The molecule has 0 radical (unpaired) electrons. The van der Waals surface area contributed by atoms with Crippen LogP contribution in [0.3, 0.4) is 0 Å². The second kappa shape index (κ2) is 4.29. The van der Waals surface area contributed by atoms with Gasteiger partial charge in [-0.2, -0.15) is 5.26 Å². The molecule has 1 aromatic carbocycles. The molecule has 0 unspecified atom stereocenters. The summed E-state index contributed by atoms with van der Waals surface area (Å²) in [4.78, 5) is 0. The molecule has 0 spiro atoms. The fourth-order valence-corrected chi connectivity index (χ4v) is 1.91. The van der Waals surface area contributed by atoms with Crippen molar-refractivity contribution in [1.29, 1.82) is 5.26 Å². The van der Waals surface area contributed by atoms with E-state index in [0.717, 1.165) is 5.56 Å². The number of aryl methyl sites for hydroxylation is 1. The van der Waals surface area contributed by atoms with Crippen molar-refractivity contribution in [3.63, 3.8) is 0 Å². The van der Waals surface area contributed by atoms with E-state index in [0.29, 0.717) is 5.92 Å². The summed E-state index contributed by atoms with van der Waals surface area (Å²) in [6.07, 6.45) is 0. The highest BCUT2D eigenvalue weighted by Crippen LogP contribution is 2.30. The third-order valence-electron chi connectivity index (χ3n) is 3.33. The van der Waals surface area contributed by atoms with Crippen molar-refractivity contribution in [2.75, 3.05) is 0 Å². The van der Waals surface area contributed by atoms with Crippen LogP contribution >= 0.6 is 0 Å². The van der Waals surface area contributed by atoms with E-state index in [-0.39, 0.29) is 0 Å². The van der Waals surface area contributed by atoms with Gasteiger partial charge in [0.1, 0.15) is 0 Å². The molecule has 0 heterocycles. The highest BCUT2D eigenvalue weighted by molar-refractivity contribution is 5.43. The van der Waals surface area contributed by atoms with Gasteiger partial charge in [0.05, 0.1) is 11.5 Å². The lowest BCUT2D eigenvalue weighted by atomic mass is 9.81. The Morgan fingerprint density at radius 3 is 2.19 bits per heavy atom. The van der Waals surface area contributed by atoms with Crippen LogP contribution in [0.4, 0.5) is 0 Å². The van der Waals surface area contributed by atoms with Crippen molar-refractivity contribution in [1.82, 2.24) is 0 Å². The maximum Gasteiger partial charge on any atom is 0.0766 e. The second-order valence-electron chi connectivity index (χ2n) is 5.40. The van der Waals surface area contributed by atoms with Gasteiger partial charge in [-0.05, 0) is 55.9 Å². The zero-order chi connectivity index (χ0) is 12.5. The molecule has 86 valence electrons. The van der Waals surface area contributed by atoms with Crippen molar-refractivity contribution < 1.29 is 0 Å². The van der Waals surface area contributed by atoms with E-state index < -0.39 is 5.41 Å². The smallest absolute Gasteiger partial charge is 0.0766 e. The quantitative estimate of drug-likeness (QED) is 0.724. The van der Waals surface area contributed by atoms with E-state index in [9.17, 15) is 5.26 Å². The summed E-state index contributed by atoms with van der Waals surface area (Å²) in [5.74, 6) is 0.508. The monoisotopic (exact) mass is 215 g/mol. The van der Waals surface area contributed by atoms with Crippen LogP contribution in [0, 0.1) is 25.2 Å². The number of nitriles is 1. The Balaban J connectivity index is 3.42. The predicted octanol–water partition coefficient (Wildman–Crippen LogP) is 4.23. The van der Waals surface area contributed by atoms with Crippen molar-refractivity contribution in [2.24, 2.45) is 0 Å². The zero-order valence-corrected chi connectivity index (χ0v) is 11.2. The standard InChI is InChI=1S/C15H21N/c1-10(2)14-8-13(15(5,6)9-16)7-11(3)12(14)4/h7-8,10H,1-6H3. The molecule has 0 amide bonds. The van der Waals surface area contributed by atoms with Gasteiger partial charge in [-0.25, -0.2) is 0 Å². The van der Waals surface area contributed by atoms with E-state index >= 15 is 0 Å². The van der Waals surface area contributed by atoms with Gasteiger partial charge in [-0.1, -0.05) is 26.0 Å². The summed E-state index contributed by atoms with van der Waals surface area (Å²) in [6.45, 7) is 12.6. The van der Waals surface area contributed by atoms with Gasteiger partial charge in [0.2, 0.25) is 0 Å². The number of rotatable bonds is 2. The van der Waals surface area contributed by atoms with E-state index in [1.54, 1.807) is 0 Å². The van der Waals surface area contributed by atoms with Crippen LogP contribution in [-0.4, -0.2) is 0 Å². The zero-order valence-electron chi connectivity index (χ0n) is 11.2. The lowest BCUT2D eigenvalue weighted by Crippen LogP contribution is -2.15. The Kier molecular flexibility index (Phi) is 3.43. The summed E-state index contributed by atoms with van der Waals surface area (Å²) in [5, 5.41) is 9.19. The lowest BCUT2D eigenvalue weighted by Gasteiger charge is -2.21. The fourth-order valence-electron chi connectivity index (χ4n) is 1.91. The van der Waals surface area contributed by atoms with Gasteiger partial charge in [0.25, 0.3) is 0 Å². The van der Waals surface area contributed by atoms with Crippen molar-refractivity contribution in [3.8, 4) is 6.07 Å². The van der Waals surface area contributed by atoms with Crippen LogP contribution in [0.2, 0.25) is 0 Å². The Labute approximate surface area is 99.1 Å². The highest BCUT2D eigenvalue weighted by atomic mass is 14.3. The Morgan fingerprint density at radius 1 is 1.19 bits per heavy atom. The maximum absolute atomic E-state index is 9.19. The molecular formula is C15H21N. The van der Waals surface area contributed by atoms with Gasteiger partial charge >= 0.3 is 0 Å². The Hall–Kier alpha value is -1.29. The van der Waals surface area contributed by atoms with E-state index in [4.69, 9.17) is 0 Å². The SMILES string of the molecule is Cc1cc(C(C)(C)C#N)cc(C(C)C)c1C. The molecule has 0 saturated carbocycles. The molecule has 0 saturated heterocycles. The predicted molar refractivity (Wildman–Crippen MR) is 68.6 cm³/mol. The normalized spacial score (nSPS) is 11.6. The molecule has 1 heteroatoms. The largest absolute Gasteiger partial charge is 0.197 e. The van der Waals surface area contributed by atoms with Crippen LogP contribution < -0.4 is 0 Å². The number of hydrogen-bond donors (Lipinski definition) is 0. The summed E-state index contributed by atoms with van der Waals surface area (Å²) in [6, 6.07) is 6.70. The molecule has 0 fully saturated rings. The van der Waals surface area contributed by atoms with Crippen LogP contribution in [0.5, 0.6) is 0 Å². The fraction of sp³-hybridized carbons (Fsp3) is 0.533. The first-order valence-corrected chi connectivity index (χ1v) is 5.82. The van der Waals surface area contributed by atoms with Gasteiger partial charge < -0.3 is 0 Å². The summed E-state index contributed by atoms with van der Waals surface area (Å²) in [5.41, 5.74) is 4.72. The second-order valence-corrected chi connectivity index (χ2v) is 5.40. The maximum atomic E-state index is 9.19. The topological polar surface area (TPSA) is 23.8 Å². The average molecular weight is 215 g/mol. The molecular weight excluding hydrogens is 194 g/mol. The molecule has 0 aromatic heterocycles. The molecule has 16 heavy (non-hydrogen) atoms. The minimum atomic E-state index is -0.401. The third kappa shape index (κ3) is 2.27. The van der Waals surface area contributed by atoms with Crippen molar-refractivity contribution in [3.05, 3.63) is 34.4 Å². The first-order valence-electron chi connectivity index (χ1n) is 5.82. The van der Waals surface area contributed by atoms with Crippen molar-refractivity contribution >= 4 is 0 Å². The molecule has 0 bridgehead atoms. The molecule has 1 aromatic rings. The van der Waals surface area contributed by atoms with Crippen LogP contribution in [0.1, 0.15) is 55.9 Å². The average Bonchev–Trinajstić information content (AvgIpc) is 2.21. The number of nitrogens with zero attached hydrogens (tertiary/aromatic N) is 1. The van der Waals surface area contributed by atoms with Crippen LogP contribution in [0.15, 0.2) is 12.1 Å². The minimum Gasteiger partial charge on any atom is -0.197 e. The van der Waals surface area contributed by atoms with Gasteiger partial charge in [-0.3, -0.25) is 0 Å². The third-order valence-corrected chi connectivity index (χ3v) is 3.33. The molecule has 0 aliphatic heterocycles. The molecule has 1 nitrogen and oxygen atoms in total. The lowest BCUT2D eigenvalue weighted by molar-refractivity contribution is 0.681. The van der Waals surface area contributed by atoms with E-state index in [1.165, 1.54) is 16.7 Å². The van der Waals surface area contributed by atoms with E-state index in [2.05, 4.69) is 45.9 Å². The number of benzene rings is 1. The van der Waals surface area contributed by atoms with Gasteiger partial charge in [-0.15, -0.1) is 0 Å². The van der Waals surface area contributed by atoms with E-state index in [1.807, 2.05) is 13.8 Å². The molecule has 0 aliphatic rings.